The summed E-state index contributed by atoms with van der Waals surface area (Å²) in [7, 11) is 1.92. The van der Waals surface area contributed by atoms with Crippen molar-refractivity contribution >= 4 is 0 Å². The van der Waals surface area contributed by atoms with Gasteiger partial charge in [-0.2, -0.15) is 5.10 Å². The van der Waals surface area contributed by atoms with Crippen molar-refractivity contribution in [2.75, 3.05) is 13.1 Å². The predicted octanol–water partition coefficient (Wildman–Crippen LogP) is -2.25. The molecule has 1 atom stereocenters. The van der Waals surface area contributed by atoms with Crippen molar-refractivity contribution in [1.82, 2.24) is 9.78 Å². The first-order valence-electron chi connectivity index (χ1n) is 7.82. The second-order valence-corrected chi connectivity index (χ2v) is 5.93. The average Bonchev–Trinajstić information content (AvgIpc) is 2.77. The third-order valence-corrected chi connectivity index (χ3v) is 4.29. The topological polar surface area (TPSA) is 54.7 Å². The summed E-state index contributed by atoms with van der Waals surface area (Å²) in [6, 6.07) is 8.51. The molecule has 2 heterocycles. The molecule has 4 nitrogen and oxygen atoms in total. The van der Waals surface area contributed by atoms with Gasteiger partial charge in [-0.25, -0.2) is 0 Å². The largest absolute Gasteiger partial charge is 1.00 e. The van der Waals surface area contributed by atoms with Crippen LogP contribution in [-0.4, -0.2) is 28.0 Å². The normalized spacial score (nSPS) is 15.5. The number of halogens is 1. The molecular formula is C17H24ClN3O. The summed E-state index contributed by atoms with van der Waals surface area (Å²) in [5.41, 5.74) is 4.95. The lowest BCUT2D eigenvalue weighted by molar-refractivity contribution is -0.652. The Labute approximate surface area is 138 Å². The molecule has 5 heteroatoms. The van der Waals surface area contributed by atoms with E-state index in [1.165, 1.54) is 17.7 Å². The molecule has 1 aromatic heterocycles. The summed E-state index contributed by atoms with van der Waals surface area (Å²) in [6.45, 7) is 2.33. The second kappa shape index (κ2) is 7.77. The lowest BCUT2D eigenvalue weighted by Gasteiger charge is -2.13. The molecule has 0 aliphatic carbocycles. The predicted molar refractivity (Wildman–Crippen MR) is 82.0 cm³/mol. The monoisotopic (exact) mass is 321 g/mol. The first kappa shape index (κ1) is 17.0. The zero-order valence-electron chi connectivity index (χ0n) is 13.0. The van der Waals surface area contributed by atoms with Crippen LogP contribution in [0.15, 0.2) is 30.5 Å². The first-order chi connectivity index (χ1) is 10.2. The highest BCUT2D eigenvalue weighted by Gasteiger charge is 2.14. The smallest absolute Gasteiger partial charge is 0.0796 e. The highest BCUT2D eigenvalue weighted by Crippen LogP contribution is 2.22. The summed E-state index contributed by atoms with van der Waals surface area (Å²) < 4.78 is 1.81. The minimum atomic E-state index is -0.399. The Morgan fingerprint density at radius 3 is 2.73 bits per heavy atom. The highest BCUT2D eigenvalue weighted by molar-refractivity contribution is 5.34. The van der Waals surface area contributed by atoms with Crippen LogP contribution in [0.5, 0.6) is 0 Å². The van der Waals surface area contributed by atoms with E-state index in [-0.39, 0.29) is 12.4 Å². The van der Waals surface area contributed by atoms with Gasteiger partial charge in [0.05, 0.1) is 24.9 Å². The van der Waals surface area contributed by atoms with Crippen LogP contribution < -0.4 is 17.7 Å². The van der Waals surface area contributed by atoms with Gasteiger partial charge in [-0.05, 0) is 35.6 Å². The van der Waals surface area contributed by atoms with Crippen LogP contribution in [0.3, 0.4) is 0 Å². The Morgan fingerprint density at radius 2 is 2.00 bits per heavy atom. The van der Waals surface area contributed by atoms with Gasteiger partial charge in [0.25, 0.3) is 0 Å². The molecule has 0 saturated carbocycles. The number of aryl methyl sites for hydroxylation is 2. The van der Waals surface area contributed by atoms with Gasteiger partial charge >= 0.3 is 0 Å². The Bertz CT molecular complexity index is 612. The number of aliphatic hydroxyl groups excluding tert-OH is 1. The van der Waals surface area contributed by atoms with Gasteiger partial charge in [0, 0.05) is 26.1 Å². The third kappa shape index (κ3) is 4.09. The van der Waals surface area contributed by atoms with Crippen molar-refractivity contribution in [2.24, 2.45) is 7.05 Å². The Hall–Kier alpha value is -1.36. The molecule has 0 saturated heterocycles. The number of nitrogens with zero attached hydrogens (tertiary/aromatic N) is 2. The summed E-state index contributed by atoms with van der Waals surface area (Å²) in [5, 5.41) is 17.2. The van der Waals surface area contributed by atoms with Crippen LogP contribution in [0.25, 0.3) is 0 Å². The molecule has 0 spiro atoms. The van der Waals surface area contributed by atoms with Crippen LogP contribution in [0.2, 0.25) is 0 Å². The number of fused-ring (bicyclic) bond motifs is 1. The number of rotatable bonds is 4. The van der Waals surface area contributed by atoms with E-state index in [1.54, 1.807) is 4.68 Å². The van der Waals surface area contributed by atoms with Gasteiger partial charge in [-0.1, -0.05) is 18.2 Å². The van der Waals surface area contributed by atoms with E-state index in [0.717, 1.165) is 43.5 Å². The van der Waals surface area contributed by atoms with E-state index >= 15 is 0 Å². The molecule has 0 fully saturated rings. The fourth-order valence-corrected chi connectivity index (χ4v) is 3.04. The van der Waals surface area contributed by atoms with Crippen molar-refractivity contribution in [2.45, 2.75) is 31.8 Å². The number of hydrogen-bond acceptors (Lipinski definition) is 2. The van der Waals surface area contributed by atoms with E-state index in [2.05, 4.69) is 28.6 Å². The minimum Gasteiger partial charge on any atom is -1.00 e. The van der Waals surface area contributed by atoms with Crippen LogP contribution in [0, 0.1) is 0 Å². The highest BCUT2D eigenvalue weighted by atomic mass is 35.5. The number of nitrogens with two attached hydrogens (primary N) is 1. The molecule has 0 amide bonds. The Morgan fingerprint density at radius 1 is 1.23 bits per heavy atom. The van der Waals surface area contributed by atoms with E-state index < -0.39 is 6.10 Å². The van der Waals surface area contributed by atoms with Gasteiger partial charge in [-0.15, -0.1) is 0 Å². The molecule has 1 aliphatic rings. The quantitative estimate of drug-likeness (QED) is 0.669. The van der Waals surface area contributed by atoms with Crippen molar-refractivity contribution < 1.29 is 22.8 Å². The molecule has 2 aromatic rings. The summed E-state index contributed by atoms with van der Waals surface area (Å²) in [4.78, 5) is 0. The molecule has 0 bridgehead atoms. The number of benzene rings is 1. The molecule has 1 aliphatic heterocycles. The number of aromatic nitrogens is 2. The molecule has 120 valence electrons. The number of hydrogen-bond donors (Lipinski definition) is 2. The maximum absolute atomic E-state index is 10.4. The fraction of sp³-hybridized carbons (Fsp3) is 0.471. The number of quaternary nitrogens is 1. The molecule has 1 aromatic carbocycles. The maximum atomic E-state index is 10.4. The van der Waals surface area contributed by atoms with Crippen LogP contribution >= 0.6 is 0 Å². The SMILES string of the molecule is Cn1ccc(CCC(O)c2ccc3c(c2)CC[NH2+]CC3)n1.[Cl-]. The van der Waals surface area contributed by atoms with Crippen molar-refractivity contribution in [3.8, 4) is 0 Å². The summed E-state index contributed by atoms with van der Waals surface area (Å²) >= 11 is 0. The molecular weight excluding hydrogens is 298 g/mol. The Balaban J connectivity index is 0.00000176. The average molecular weight is 322 g/mol. The number of aliphatic hydroxyl groups is 1. The molecule has 1 unspecified atom stereocenters. The molecule has 0 radical (unpaired) electrons. The zero-order valence-corrected chi connectivity index (χ0v) is 13.8. The zero-order chi connectivity index (χ0) is 14.7. The standard InChI is InChI=1S/C17H23N3O.ClH/c1-20-11-8-16(19-20)4-5-17(21)15-3-2-13-6-9-18-10-7-14(13)12-15;/h2-3,8,11-12,17-18,21H,4-7,9-10H2,1H3;1H. The van der Waals surface area contributed by atoms with Gasteiger partial charge < -0.3 is 22.8 Å². The van der Waals surface area contributed by atoms with Crippen LogP contribution in [-0.2, 0) is 26.3 Å². The third-order valence-electron chi connectivity index (χ3n) is 4.29. The lowest BCUT2D eigenvalue weighted by atomic mass is 9.96. The van der Waals surface area contributed by atoms with E-state index in [9.17, 15) is 5.11 Å². The first-order valence-corrected chi connectivity index (χ1v) is 7.82. The van der Waals surface area contributed by atoms with Gasteiger partial charge in [0.15, 0.2) is 0 Å². The molecule has 22 heavy (non-hydrogen) atoms. The summed E-state index contributed by atoms with van der Waals surface area (Å²) in [5.74, 6) is 0. The Kier molecular flexibility index (Phi) is 6.00. The molecule has 3 rings (SSSR count). The minimum absolute atomic E-state index is 0. The molecule has 3 N–H and O–H groups in total. The summed E-state index contributed by atoms with van der Waals surface area (Å²) in [6.07, 6.45) is 5.33. The maximum Gasteiger partial charge on any atom is 0.0796 e. The second-order valence-electron chi connectivity index (χ2n) is 5.93. The lowest BCUT2D eigenvalue weighted by Crippen LogP contribution is -3.00. The van der Waals surface area contributed by atoms with Crippen LogP contribution in [0.1, 0.15) is 34.9 Å². The van der Waals surface area contributed by atoms with Gasteiger partial charge in [-0.3, -0.25) is 4.68 Å². The van der Waals surface area contributed by atoms with E-state index in [4.69, 9.17) is 0 Å². The van der Waals surface area contributed by atoms with Crippen molar-refractivity contribution in [1.29, 1.82) is 0 Å². The van der Waals surface area contributed by atoms with Gasteiger partial charge in [0.1, 0.15) is 0 Å². The van der Waals surface area contributed by atoms with Gasteiger partial charge in [0.2, 0.25) is 0 Å². The van der Waals surface area contributed by atoms with Crippen LogP contribution in [0.4, 0.5) is 0 Å². The van der Waals surface area contributed by atoms with Crippen molar-refractivity contribution in [3.05, 3.63) is 52.8 Å². The van der Waals surface area contributed by atoms with E-state index in [1.807, 2.05) is 19.3 Å². The van der Waals surface area contributed by atoms with Crippen molar-refractivity contribution in [3.63, 3.8) is 0 Å². The fourth-order valence-electron chi connectivity index (χ4n) is 3.04. The van der Waals surface area contributed by atoms with E-state index in [0.29, 0.717) is 0 Å².